The van der Waals surface area contributed by atoms with Crippen LogP contribution in [0, 0.1) is 40.0 Å². The Morgan fingerprint density at radius 2 is 1.56 bits per heavy atom. The molecule has 0 radical (unpaired) electrons. The number of ether oxygens (including phenoxy) is 2. The molecule has 0 atom stereocenters. The first kappa shape index (κ1) is 38.8. The molecule has 0 amide bonds. The van der Waals surface area contributed by atoms with Crippen LogP contribution in [0.5, 0.6) is 0 Å². The summed E-state index contributed by atoms with van der Waals surface area (Å²) >= 11 is 0. The first-order valence-electron chi connectivity index (χ1n) is 11.4. The van der Waals surface area contributed by atoms with E-state index in [4.69, 9.17) is 9.47 Å². The zero-order valence-corrected chi connectivity index (χ0v) is 24.7. The van der Waals surface area contributed by atoms with Crippen LogP contribution in [0.15, 0.2) is 37.0 Å². The van der Waals surface area contributed by atoms with Crippen LogP contribution in [0.3, 0.4) is 0 Å². The van der Waals surface area contributed by atoms with E-state index in [1.165, 1.54) is 12.3 Å². The molecule has 3 aromatic rings. The van der Waals surface area contributed by atoms with Crippen LogP contribution in [0.25, 0.3) is 10.9 Å². The molecule has 0 aliphatic heterocycles. The molecule has 39 heavy (non-hydrogen) atoms. The maximum absolute atomic E-state index is 13.5. The molecule has 2 aromatic carbocycles. The number of rotatable bonds is 11. The first-order valence-corrected chi connectivity index (χ1v) is 11.4. The van der Waals surface area contributed by atoms with Crippen molar-refractivity contribution in [3.05, 3.63) is 88.1 Å². The fraction of sp³-hybridized carbons (Fsp3) is 0.346. The van der Waals surface area contributed by atoms with E-state index in [1.54, 1.807) is 0 Å². The maximum Gasteiger partial charge on any atom is 2.00 e. The van der Waals surface area contributed by atoms with Gasteiger partial charge in [0.25, 0.3) is 5.69 Å². The number of benzene rings is 2. The second-order valence-corrected chi connectivity index (χ2v) is 7.51. The molecule has 0 aliphatic rings. The molecule has 1 heterocycles. The number of aromatic amines is 1. The van der Waals surface area contributed by atoms with Crippen molar-refractivity contribution < 1.29 is 53.7 Å². The molecule has 0 bridgehead atoms. The number of carbonyl (C=O) groups is 1. The minimum absolute atomic E-state index is 0. The summed E-state index contributed by atoms with van der Waals surface area (Å²) in [7, 11) is 0. The maximum atomic E-state index is 13.5. The quantitative estimate of drug-likeness (QED) is 0.0506. The molecule has 0 saturated carbocycles. The number of halogens is 5. The van der Waals surface area contributed by atoms with Gasteiger partial charge >= 0.3 is 23.1 Å². The molecule has 0 fully saturated rings. The van der Waals surface area contributed by atoms with Crippen molar-refractivity contribution in [2.24, 2.45) is 0 Å². The number of nitrogens with one attached hydrogen (secondary N) is 1. The number of nitrogens with zero attached hydrogens (tertiary/aromatic N) is 1. The van der Waals surface area contributed by atoms with Gasteiger partial charge in [0.2, 0.25) is 0 Å². The van der Waals surface area contributed by atoms with Crippen molar-refractivity contribution >= 4 is 45.9 Å². The number of hydrogen-bond acceptors (Lipinski definition) is 5. The van der Waals surface area contributed by atoms with Crippen molar-refractivity contribution in [2.75, 3.05) is 13.2 Å². The Morgan fingerprint density at radius 1 is 1.03 bits per heavy atom. The third kappa shape index (κ3) is 11.4. The normalized spacial score (nSPS) is 9.92. The minimum Gasteiger partial charge on any atom is -1.00 e. The predicted octanol–water partition coefficient (Wildman–Crippen LogP) is 3.99. The van der Waals surface area contributed by atoms with Crippen LogP contribution in [0.1, 0.15) is 61.7 Å². The summed E-state index contributed by atoms with van der Waals surface area (Å²) in [5.74, 6) is -4.36. The fourth-order valence-electron chi connectivity index (χ4n) is 3.08. The van der Waals surface area contributed by atoms with Gasteiger partial charge in [-0.3, -0.25) is 21.5 Å². The summed E-state index contributed by atoms with van der Waals surface area (Å²) < 4.78 is 63.5. The second-order valence-electron chi connectivity index (χ2n) is 7.51. The summed E-state index contributed by atoms with van der Waals surface area (Å²) in [6.07, 6.45) is 4.11. The molecule has 0 unspecified atom stereocenters. The number of carbonyl (C=O) groups excluding carboxylic acids is 1. The number of nitro benzene ring substituents is 1. The van der Waals surface area contributed by atoms with E-state index < -0.39 is 40.2 Å². The van der Waals surface area contributed by atoms with Crippen LogP contribution in [0.2, 0.25) is 0 Å². The molecule has 0 aliphatic carbocycles. The molecule has 1 N–H and O–H groups in total. The van der Waals surface area contributed by atoms with E-state index in [0.29, 0.717) is 31.1 Å². The molecule has 210 valence electrons. The van der Waals surface area contributed by atoms with Crippen LogP contribution in [0.4, 0.5) is 23.2 Å². The molecule has 1 aromatic heterocycles. The van der Waals surface area contributed by atoms with E-state index >= 15 is 0 Å². The summed E-state index contributed by atoms with van der Waals surface area (Å²) in [5, 5.41) is 11.2. The fourth-order valence-corrected chi connectivity index (χ4v) is 3.08. The van der Waals surface area contributed by atoms with Gasteiger partial charge in [-0.25, -0.2) is 17.6 Å². The Balaban J connectivity index is 0. The average molecular weight is 630 g/mol. The number of nitro groups is 1. The zero-order chi connectivity index (χ0) is 28.0. The second kappa shape index (κ2) is 20.6. The smallest absolute Gasteiger partial charge is 1.00 e. The summed E-state index contributed by atoms with van der Waals surface area (Å²) in [4.78, 5) is 23.4. The van der Waals surface area contributed by atoms with Gasteiger partial charge in [0.15, 0.2) is 35.8 Å². The molecule has 13 heteroatoms. The zero-order valence-electron chi connectivity index (χ0n) is 21.7. The van der Waals surface area contributed by atoms with E-state index in [9.17, 15) is 32.5 Å². The Bertz CT molecular complexity index is 1170. The molecule has 7 nitrogen and oxygen atoms in total. The number of unbranched alkanes of at least 4 members (excludes halogenated alkanes) is 2. The molecule has 3 rings (SSSR count). The van der Waals surface area contributed by atoms with Gasteiger partial charge in [-0.1, -0.05) is 26.7 Å². The molecular formula is C26H29BrF4MgN2O5. The van der Waals surface area contributed by atoms with Gasteiger partial charge in [-0.2, -0.15) is 0 Å². The van der Waals surface area contributed by atoms with E-state index in [2.05, 4.69) is 18.1 Å². The van der Waals surface area contributed by atoms with Crippen molar-refractivity contribution in [3.8, 4) is 0 Å². The number of H-pyrrole nitrogens is 1. The van der Waals surface area contributed by atoms with Gasteiger partial charge in [-0.05, 0) is 31.0 Å². The number of aldehydes is 1. The first-order chi connectivity index (χ1) is 17.7. The van der Waals surface area contributed by atoms with E-state index in [1.807, 2.05) is 13.8 Å². The number of hydrogen-bond donors (Lipinski definition) is 1. The van der Waals surface area contributed by atoms with E-state index in [-0.39, 0.29) is 56.5 Å². The average Bonchev–Trinajstić information content (AvgIpc) is 3.39. The van der Waals surface area contributed by atoms with Crippen LogP contribution < -0.4 is 17.0 Å². The third-order valence-electron chi connectivity index (χ3n) is 4.95. The van der Waals surface area contributed by atoms with Crippen molar-refractivity contribution in [1.82, 2.24) is 4.98 Å². The Morgan fingerprint density at radius 3 is 2.05 bits per heavy atom. The van der Waals surface area contributed by atoms with Gasteiger partial charge in [0, 0.05) is 17.1 Å². The van der Waals surface area contributed by atoms with Gasteiger partial charge < -0.3 is 38.0 Å². The Labute approximate surface area is 251 Å². The van der Waals surface area contributed by atoms with Gasteiger partial charge in [0.1, 0.15) is 0 Å². The van der Waals surface area contributed by atoms with E-state index in [0.717, 1.165) is 37.8 Å². The molecule has 0 saturated heterocycles. The summed E-state index contributed by atoms with van der Waals surface area (Å²) in [6, 6.07) is 3.60. The third-order valence-corrected chi connectivity index (χ3v) is 4.95. The SMILES string of the molecule is CCCCOC(OCCCC)c1cc(F)c(F)cc1[N+](=O)[O-].O=Cc1cc(F)c(F)c2cc[nH]c12.[Br-].[CH-]=C.[Mg+2]. The van der Waals surface area contributed by atoms with Crippen LogP contribution in [-0.2, 0) is 9.47 Å². The largest absolute Gasteiger partial charge is 2.00 e. The van der Waals surface area contributed by atoms with Crippen molar-refractivity contribution in [3.63, 3.8) is 0 Å². The van der Waals surface area contributed by atoms with Gasteiger partial charge in [0.05, 0.1) is 35.3 Å². The topological polar surface area (TPSA) is 94.5 Å². The number of fused-ring (bicyclic) bond motifs is 1. The predicted molar refractivity (Wildman–Crippen MR) is 137 cm³/mol. The Hall–Kier alpha value is -2.32. The molecular weight excluding hydrogens is 600 g/mol. The Kier molecular flexibility index (Phi) is 20.5. The van der Waals surface area contributed by atoms with Crippen molar-refractivity contribution in [2.45, 2.75) is 45.8 Å². The van der Waals surface area contributed by atoms with Gasteiger partial charge in [-0.15, -0.1) is 0 Å². The summed E-state index contributed by atoms with van der Waals surface area (Å²) in [6.45, 7) is 11.6. The van der Waals surface area contributed by atoms with Crippen LogP contribution in [-0.4, -0.2) is 52.5 Å². The molecule has 0 spiro atoms. The number of aromatic nitrogens is 1. The monoisotopic (exact) mass is 628 g/mol. The van der Waals surface area contributed by atoms with Crippen LogP contribution >= 0.6 is 0 Å². The standard InChI is InChI=1S/C15H21F2NO4.C9H5F2NO.C2H3.BrH.Mg/c1-3-5-7-21-15(22-8-6-4-2)11-9-12(16)13(17)10-14(11)18(19)20;10-7-3-5(4-13)9-6(8(7)11)1-2-12-9;1-2;;/h9-10,15H,3-8H2,1-2H3;1-4,12H;1H,2H2;1H;/q;;-1;;+2/p-1. The minimum atomic E-state index is -1.27. The van der Waals surface area contributed by atoms with Crippen molar-refractivity contribution in [1.29, 1.82) is 0 Å². The summed E-state index contributed by atoms with van der Waals surface area (Å²) in [5.41, 5.74) is -0.194.